The zero-order valence-electron chi connectivity index (χ0n) is 17.2. The molecule has 0 saturated heterocycles. The second kappa shape index (κ2) is 8.68. The monoisotopic (exact) mass is 422 g/mol. The maximum absolute atomic E-state index is 15.2. The minimum atomic E-state index is -1.64. The number of halogens is 5. The van der Waals surface area contributed by atoms with Crippen molar-refractivity contribution in [1.29, 1.82) is 0 Å². The Morgan fingerprint density at radius 2 is 1.43 bits per heavy atom. The second-order valence-electron chi connectivity index (χ2n) is 9.01. The molecule has 0 bridgehead atoms. The fourth-order valence-corrected chi connectivity index (χ4v) is 5.60. The third kappa shape index (κ3) is 4.00. The molecule has 1 saturated carbocycles. The molecule has 5 heteroatoms. The standard InChI is InChI=1S/C25H27F5/c1-2-3-14-4-6-15(7-5-14)16-8-9-19-17(10-16)11-20(26)23(24(19)29)18-12-21(27)25(30)22(28)13-18/h11-16H,2-10H2,1H3. The predicted molar refractivity (Wildman–Crippen MR) is 108 cm³/mol. The van der Waals surface area contributed by atoms with Gasteiger partial charge in [-0.2, -0.15) is 0 Å². The lowest BCUT2D eigenvalue weighted by Gasteiger charge is -2.36. The number of hydrogen-bond acceptors (Lipinski definition) is 0. The van der Waals surface area contributed by atoms with Gasteiger partial charge in [-0.15, -0.1) is 0 Å². The van der Waals surface area contributed by atoms with Gasteiger partial charge in [0.1, 0.15) is 11.6 Å². The summed E-state index contributed by atoms with van der Waals surface area (Å²) in [5.41, 5.74) is 0.279. The molecule has 0 N–H and O–H groups in total. The Balaban J connectivity index is 1.57. The molecule has 2 aliphatic carbocycles. The number of rotatable bonds is 4. The van der Waals surface area contributed by atoms with Crippen LogP contribution in [0, 0.1) is 46.8 Å². The maximum atomic E-state index is 15.2. The SMILES string of the molecule is CCCC1CCC(C2CCc3c(cc(F)c(-c4cc(F)c(F)c(F)c4)c3F)C2)CC1. The topological polar surface area (TPSA) is 0 Å². The van der Waals surface area contributed by atoms with Gasteiger partial charge in [0, 0.05) is 0 Å². The second-order valence-corrected chi connectivity index (χ2v) is 9.01. The summed E-state index contributed by atoms with van der Waals surface area (Å²) in [6, 6.07) is 2.60. The molecule has 0 nitrogen and oxygen atoms in total. The Bertz CT molecular complexity index is 905. The van der Waals surface area contributed by atoms with Crippen LogP contribution in [-0.2, 0) is 12.8 Å². The average molecular weight is 422 g/mol. The molecule has 0 amide bonds. The lowest BCUT2D eigenvalue weighted by Crippen LogP contribution is -2.27. The quantitative estimate of drug-likeness (QED) is 0.349. The summed E-state index contributed by atoms with van der Waals surface area (Å²) in [4.78, 5) is 0. The molecular weight excluding hydrogens is 395 g/mol. The lowest BCUT2D eigenvalue weighted by atomic mass is 9.69. The summed E-state index contributed by atoms with van der Waals surface area (Å²) in [5, 5.41) is 0. The van der Waals surface area contributed by atoms with Gasteiger partial charge in [-0.25, -0.2) is 22.0 Å². The summed E-state index contributed by atoms with van der Waals surface area (Å²) in [7, 11) is 0. The third-order valence-electron chi connectivity index (χ3n) is 7.19. The highest BCUT2D eigenvalue weighted by atomic mass is 19.2. The van der Waals surface area contributed by atoms with E-state index >= 15 is 4.39 Å². The van der Waals surface area contributed by atoms with Gasteiger partial charge < -0.3 is 0 Å². The number of hydrogen-bond donors (Lipinski definition) is 0. The van der Waals surface area contributed by atoms with E-state index < -0.39 is 34.6 Å². The van der Waals surface area contributed by atoms with E-state index in [0.717, 1.165) is 12.3 Å². The zero-order valence-corrected chi connectivity index (χ0v) is 17.2. The van der Waals surface area contributed by atoms with E-state index in [2.05, 4.69) is 6.92 Å². The van der Waals surface area contributed by atoms with Crippen molar-refractivity contribution in [3.8, 4) is 11.1 Å². The molecule has 2 aromatic carbocycles. The van der Waals surface area contributed by atoms with Crippen molar-refractivity contribution in [2.75, 3.05) is 0 Å². The van der Waals surface area contributed by atoms with E-state index in [1.165, 1.54) is 44.6 Å². The van der Waals surface area contributed by atoms with Crippen LogP contribution < -0.4 is 0 Å². The van der Waals surface area contributed by atoms with E-state index in [4.69, 9.17) is 0 Å². The molecule has 2 aromatic rings. The van der Waals surface area contributed by atoms with Gasteiger partial charge in [0.25, 0.3) is 0 Å². The Labute approximate surface area is 174 Å². The highest BCUT2D eigenvalue weighted by Crippen LogP contribution is 2.42. The van der Waals surface area contributed by atoms with Gasteiger partial charge in [0.2, 0.25) is 0 Å². The molecule has 4 rings (SSSR count). The summed E-state index contributed by atoms with van der Waals surface area (Å²) < 4.78 is 70.5. The van der Waals surface area contributed by atoms with E-state index in [0.29, 0.717) is 47.9 Å². The van der Waals surface area contributed by atoms with Crippen molar-refractivity contribution in [3.05, 3.63) is 58.4 Å². The average Bonchev–Trinajstić information content (AvgIpc) is 2.72. The molecule has 1 fully saturated rings. The van der Waals surface area contributed by atoms with E-state index in [1.54, 1.807) is 0 Å². The molecule has 0 aromatic heterocycles. The van der Waals surface area contributed by atoms with E-state index in [1.807, 2.05) is 0 Å². The maximum Gasteiger partial charge on any atom is 0.194 e. The molecule has 0 radical (unpaired) electrons. The van der Waals surface area contributed by atoms with Gasteiger partial charge >= 0.3 is 0 Å². The van der Waals surface area contributed by atoms with Crippen molar-refractivity contribution < 1.29 is 22.0 Å². The van der Waals surface area contributed by atoms with Gasteiger partial charge in [-0.05, 0) is 84.7 Å². The third-order valence-corrected chi connectivity index (χ3v) is 7.19. The molecule has 1 atom stereocenters. The first-order valence-electron chi connectivity index (χ1n) is 11.0. The Hall–Kier alpha value is -1.91. The Morgan fingerprint density at radius 1 is 0.767 bits per heavy atom. The van der Waals surface area contributed by atoms with Crippen LogP contribution in [0.3, 0.4) is 0 Å². The number of benzene rings is 2. The molecule has 0 heterocycles. The molecule has 1 unspecified atom stereocenters. The van der Waals surface area contributed by atoms with Gasteiger partial charge in [0.15, 0.2) is 17.5 Å². The molecule has 2 aliphatic rings. The predicted octanol–water partition coefficient (Wildman–Crippen LogP) is 7.76. The van der Waals surface area contributed by atoms with Crippen LogP contribution in [0.25, 0.3) is 11.1 Å². The fraction of sp³-hybridized carbons (Fsp3) is 0.520. The smallest absolute Gasteiger partial charge is 0.194 e. The van der Waals surface area contributed by atoms with Crippen LogP contribution in [0.1, 0.15) is 63.0 Å². The molecular formula is C25H27F5. The van der Waals surface area contributed by atoms with Crippen LogP contribution in [0.5, 0.6) is 0 Å². The van der Waals surface area contributed by atoms with Crippen molar-refractivity contribution in [1.82, 2.24) is 0 Å². The molecule has 0 aliphatic heterocycles. The van der Waals surface area contributed by atoms with Gasteiger partial charge in [0.05, 0.1) is 5.56 Å². The summed E-state index contributed by atoms with van der Waals surface area (Å²) >= 11 is 0. The van der Waals surface area contributed by atoms with Gasteiger partial charge in [-0.3, -0.25) is 0 Å². The molecule has 162 valence electrons. The minimum Gasteiger partial charge on any atom is -0.206 e. The summed E-state index contributed by atoms with van der Waals surface area (Å²) in [6.07, 6.45) is 9.31. The minimum absolute atomic E-state index is 0.319. The van der Waals surface area contributed by atoms with Crippen LogP contribution in [0.15, 0.2) is 18.2 Å². The van der Waals surface area contributed by atoms with Crippen LogP contribution >= 0.6 is 0 Å². The summed E-state index contributed by atoms with van der Waals surface area (Å²) in [5.74, 6) is -4.36. The Kier molecular flexibility index (Phi) is 6.17. The van der Waals surface area contributed by atoms with Crippen molar-refractivity contribution in [3.63, 3.8) is 0 Å². The normalized spacial score (nSPS) is 24.0. The van der Waals surface area contributed by atoms with E-state index in [9.17, 15) is 17.6 Å². The van der Waals surface area contributed by atoms with Crippen molar-refractivity contribution in [2.24, 2.45) is 17.8 Å². The van der Waals surface area contributed by atoms with Crippen LogP contribution in [0.2, 0.25) is 0 Å². The van der Waals surface area contributed by atoms with Crippen molar-refractivity contribution >= 4 is 0 Å². The first kappa shape index (κ1) is 21.3. The highest BCUT2D eigenvalue weighted by Gasteiger charge is 2.32. The molecule has 30 heavy (non-hydrogen) atoms. The lowest BCUT2D eigenvalue weighted by molar-refractivity contribution is 0.183. The largest absolute Gasteiger partial charge is 0.206 e. The summed E-state index contributed by atoms with van der Waals surface area (Å²) in [6.45, 7) is 2.22. The highest BCUT2D eigenvalue weighted by molar-refractivity contribution is 5.67. The number of fused-ring (bicyclic) bond motifs is 1. The van der Waals surface area contributed by atoms with Crippen LogP contribution in [0.4, 0.5) is 22.0 Å². The first-order chi connectivity index (χ1) is 14.4. The van der Waals surface area contributed by atoms with Crippen LogP contribution in [-0.4, -0.2) is 0 Å². The van der Waals surface area contributed by atoms with E-state index in [-0.39, 0.29) is 5.56 Å². The zero-order chi connectivity index (χ0) is 21.4. The Morgan fingerprint density at radius 3 is 2.07 bits per heavy atom. The fourth-order valence-electron chi connectivity index (χ4n) is 5.60. The first-order valence-corrected chi connectivity index (χ1v) is 11.0. The molecule has 0 spiro atoms. The van der Waals surface area contributed by atoms with Crippen molar-refractivity contribution in [2.45, 2.75) is 64.7 Å². The van der Waals surface area contributed by atoms with Gasteiger partial charge in [-0.1, -0.05) is 32.6 Å².